The average molecular weight is 381 g/mol. The summed E-state index contributed by atoms with van der Waals surface area (Å²) in [4.78, 5) is 24.2. The fourth-order valence-electron chi connectivity index (χ4n) is 2.36. The number of hydrogen-bond donors (Lipinski definition) is 1. The first-order valence-corrected chi connectivity index (χ1v) is 7.77. The van der Waals surface area contributed by atoms with Gasteiger partial charge in [-0.25, -0.2) is 0 Å². The third-order valence-corrected chi connectivity index (χ3v) is 4.18. The molecule has 1 amide bonds. The predicted molar refractivity (Wildman–Crippen MR) is 87.2 cm³/mol. The van der Waals surface area contributed by atoms with Gasteiger partial charge in [0.05, 0.1) is 10.9 Å². The summed E-state index contributed by atoms with van der Waals surface area (Å²) in [6, 6.07) is 12.2. The van der Waals surface area contributed by atoms with Crippen LogP contribution in [0.3, 0.4) is 0 Å². The van der Waals surface area contributed by atoms with Crippen LogP contribution < -0.4 is 10.1 Å². The first kappa shape index (κ1) is 15.1. The number of amides is 1. The van der Waals surface area contributed by atoms with E-state index in [0.717, 1.165) is 10.0 Å². The van der Waals surface area contributed by atoms with Crippen molar-refractivity contribution in [1.82, 2.24) is 0 Å². The number of carbonyl (C=O) groups is 2. The van der Waals surface area contributed by atoms with Gasteiger partial charge in [0.15, 0.2) is 0 Å². The number of benzene rings is 2. The standard InChI is InChI=1S/C16H11BrClNO3/c17-9-5-6-14(12(18)7-9)22-16(21)11-8-15(20)19-13-4-2-1-3-10(11)13/h1-7,11H,8H2,(H,19,20)/t11-/m1/s1. The molecule has 3 rings (SSSR count). The second-order valence-electron chi connectivity index (χ2n) is 4.89. The predicted octanol–water partition coefficient (Wildman–Crippen LogP) is 4.13. The van der Waals surface area contributed by atoms with Crippen LogP contribution >= 0.6 is 27.5 Å². The summed E-state index contributed by atoms with van der Waals surface area (Å²) in [6.07, 6.45) is 0.0595. The highest BCUT2D eigenvalue weighted by atomic mass is 79.9. The second kappa shape index (κ2) is 6.10. The molecule has 2 aromatic carbocycles. The van der Waals surface area contributed by atoms with Crippen LogP contribution in [0, 0.1) is 0 Å². The summed E-state index contributed by atoms with van der Waals surface area (Å²) in [5.41, 5.74) is 1.39. The lowest BCUT2D eigenvalue weighted by molar-refractivity contribution is -0.138. The van der Waals surface area contributed by atoms with Crippen molar-refractivity contribution in [3.63, 3.8) is 0 Å². The van der Waals surface area contributed by atoms with Crippen LogP contribution in [0.1, 0.15) is 17.9 Å². The molecule has 0 unspecified atom stereocenters. The van der Waals surface area contributed by atoms with Crippen LogP contribution in [0.25, 0.3) is 0 Å². The van der Waals surface area contributed by atoms with Crippen molar-refractivity contribution in [1.29, 1.82) is 0 Å². The van der Waals surface area contributed by atoms with Crippen LogP contribution in [0.4, 0.5) is 5.69 Å². The van der Waals surface area contributed by atoms with Gasteiger partial charge in [0, 0.05) is 16.6 Å². The number of hydrogen-bond acceptors (Lipinski definition) is 3. The highest BCUT2D eigenvalue weighted by Gasteiger charge is 2.32. The molecule has 4 nitrogen and oxygen atoms in total. The molecule has 1 heterocycles. The smallest absolute Gasteiger partial charge is 0.319 e. The number of carbonyl (C=O) groups excluding carboxylic acids is 2. The Kier molecular flexibility index (Phi) is 4.18. The van der Waals surface area contributed by atoms with Gasteiger partial charge in [-0.15, -0.1) is 0 Å². The second-order valence-corrected chi connectivity index (χ2v) is 6.21. The summed E-state index contributed by atoms with van der Waals surface area (Å²) < 4.78 is 6.16. The van der Waals surface area contributed by atoms with E-state index in [-0.39, 0.29) is 18.1 Å². The zero-order chi connectivity index (χ0) is 15.7. The monoisotopic (exact) mass is 379 g/mol. The molecule has 1 aliphatic heterocycles. The average Bonchev–Trinajstić information content (AvgIpc) is 2.49. The quantitative estimate of drug-likeness (QED) is 0.629. The van der Waals surface area contributed by atoms with E-state index in [4.69, 9.17) is 16.3 Å². The highest BCUT2D eigenvalue weighted by molar-refractivity contribution is 9.10. The SMILES string of the molecule is O=C1C[C@@H](C(=O)Oc2ccc(Br)cc2Cl)c2ccccc2N1. The fourth-order valence-corrected chi connectivity index (χ4v) is 3.07. The Labute approximate surface area is 140 Å². The number of fused-ring (bicyclic) bond motifs is 1. The number of halogens is 2. The van der Waals surface area contributed by atoms with Gasteiger partial charge in [0.1, 0.15) is 5.75 Å². The van der Waals surface area contributed by atoms with Crippen molar-refractivity contribution in [3.05, 3.63) is 57.5 Å². The molecular weight excluding hydrogens is 370 g/mol. The Morgan fingerprint density at radius 3 is 2.82 bits per heavy atom. The van der Waals surface area contributed by atoms with Gasteiger partial charge < -0.3 is 10.1 Å². The summed E-state index contributed by atoms with van der Waals surface area (Å²) in [5, 5.41) is 3.08. The lowest BCUT2D eigenvalue weighted by atomic mass is 9.91. The van der Waals surface area contributed by atoms with E-state index in [2.05, 4.69) is 21.2 Å². The molecule has 0 saturated carbocycles. The third kappa shape index (κ3) is 3.00. The Bertz CT molecular complexity index is 763. The summed E-state index contributed by atoms with van der Waals surface area (Å²) in [5.74, 6) is -1.06. The van der Waals surface area contributed by atoms with Crippen LogP contribution in [0.5, 0.6) is 5.75 Å². The molecular formula is C16H11BrClNO3. The Morgan fingerprint density at radius 2 is 2.05 bits per heavy atom. The van der Waals surface area contributed by atoms with Crippen LogP contribution in [-0.2, 0) is 9.59 Å². The maximum Gasteiger partial charge on any atom is 0.319 e. The Hall–Kier alpha value is -1.85. The van der Waals surface area contributed by atoms with Gasteiger partial charge >= 0.3 is 5.97 Å². The highest BCUT2D eigenvalue weighted by Crippen LogP contribution is 2.34. The Morgan fingerprint density at radius 1 is 1.27 bits per heavy atom. The number of esters is 1. The Balaban J connectivity index is 1.88. The molecule has 0 spiro atoms. The zero-order valence-corrected chi connectivity index (χ0v) is 13.6. The molecule has 0 radical (unpaired) electrons. The van der Waals surface area contributed by atoms with Gasteiger partial charge in [-0.1, -0.05) is 45.7 Å². The molecule has 0 bridgehead atoms. The van der Waals surface area contributed by atoms with Crippen molar-refractivity contribution in [2.75, 3.05) is 5.32 Å². The van der Waals surface area contributed by atoms with Crippen LogP contribution in [0.15, 0.2) is 46.9 Å². The maximum absolute atomic E-state index is 12.4. The lowest BCUT2D eigenvalue weighted by Crippen LogP contribution is -2.29. The fraction of sp³-hybridized carbons (Fsp3) is 0.125. The van der Waals surface area contributed by atoms with E-state index >= 15 is 0 Å². The van der Waals surface area contributed by atoms with Gasteiger partial charge in [-0.05, 0) is 29.8 Å². The maximum atomic E-state index is 12.4. The molecule has 0 aromatic heterocycles. The van der Waals surface area contributed by atoms with E-state index in [1.54, 1.807) is 30.3 Å². The van der Waals surface area contributed by atoms with E-state index in [9.17, 15) is 9.59 Å². The molecule has 1 atom stereocenters. The number of anilines is 1. The van der Waals surface area contributed by atoms with Gasteiger partial charge in [0.25, 0.3) is 0 Å². The molecule has 1 aliphatic rings. The van der Waals surface area contributed by atoms with Crippen molar-refractivity contribution in [2.24, 2.45) is 0 Å². The molecule has 0 saturated heterocycles. The zero-order valence-electron chi connectivity index (χ0n) is 11.3. The first-order valence-electron chi connectivity index (χ1n) is 6.60. The molecule has 0 fully saturated rings. The van der Waals surface area contributed by atoms with E-state index in [0.29, 0.717) is 10.7 Å². The van der Waals surface area contributed by atoms with Gasteiger partial charge in [0.2, 0.25) is 5.91 Å². The number of para-hydroxylation sites is 1. The number of nitrogens with one attached hydrogen (secondary N) is 1. The minimum atomic E-state index is -0.635. The van der Waals surface area contributed by atoms with E-state index in [1.165, 1.54) is 0 Å². The molecule has 1 N–H and O–H groups in total. The lowest BCUT2D eigenvalue weighted by Gasteiger charge is -2.24. The largest absolute Gasteiger partial charge is 0.424 e. The molecule has 2 aromatic rings. The minimum Gasteiger partial charge on any atom is -0.424 e. The van der Waals surface area contributed by atoms with E-state index < -0.39 is 11.9 Å². The van der Waals surface area contributed by atoms with Crippen molar-refractivity contribution in [2.45, 2.75) is 12.3 Å². The van der Waals surface area contributed by atoms with Crippen LogP contribution in [-0.4, -0.2) is 11.9 Å². The first-order chi connectivity index (χ1) is 10.5. The van der Waals surface area contributed by atoms with Crippen molar-refractivity contribution in [3.8, 4) is 5.75 Å². The summed E-state index contributed by atoms with van der Waals surface area (Å²) in [7, 11) is 0. The third-order valence-electron chi connectivity index (χ3n) is 3.39. The van der Waals surface area contributed by atoms with Gasteiger partial charge in [-0.3, -0.25) is 9.59 Å². The topological polar surface area (TPSA) is 55.4 Å². The van der Waals surface area contributed by atoms with Gasteiger partial charge in [-0.2, -0.15) is 0 Å². The molecule has 6 heteroatoms. The van der Waals surface area contributed by atoms with Crippen molar-refractivity contribution >= 4 is 45.1 Å². The number of ether oxygens (including phenoxy) is 1. The number of rotatable bonds is 2. The van der Waals surface area contributed by atoms with E-state index in [1.807, 2.05) is 12.1 Å². The molecule has 0 aliphatic carbocycles. The minimum absolute atomic E-state index is 0.0595. The normalized spacial score (nSPS) is 16.6. The van der Waals surface area contributed by atoms with Crippen LogP contribution in [0.2, 0.25) is 5.02 Å². The van der Waals surface area contributed by atoms with Crippen molar-refractivity contribution < 1.29 is 14.3 Å². The summed E-state index contributed by atoms with van der Waals surface area (Å²) >= 11 is 9.35. The molecule has 22 heavy (non-hydrogen) atoms. The molecule has 112 valence electrons. The summed E-state index contributed by atoms with van der Waals surface area (Å²) in [6.45, 7) is 0.